The minimum absolute atomic E-state index is 0.0443. The van der Waals surface area contributed by atoms with Crippen LogP contribution in [0.4, 0.5) is 0 Å². The van der Waals surface area contributed by atoms with Crippen molar-refractivity contribution in [2.24, 2.45) is 0 Å². The summed E-state index contributed by atoms with van der Waals surface area (Å²) in [5, 5.41) is 10.7. The van der Waals surface area contributed by atoms with Gasteiger partial charge < -0.3 is 24.1 Å². The average molecular weight is 450 g/mol. The number of fused-ring (bicyclic) bond motifs is 1. The molecule has 0 radical (unpaired) electrons. The van der Waals surface area contributed by atoms with E-state index in [0.29, 0.717) is 23.6 Å². The molecule has 0 spiro atoms. The molecule has 3 heterocycles. The molecule has 172 valence electrons. The zero-order valence-corrected chi connectivity index (χ0v) is 18.4. The highest BCUT2D eigenvalue weighted by Gasteiger charge is 2.20. The van der Waals surface area contributed by atoms with E-state index in [9.17, 15) is 4.79 Å². The second-order valence-electron chi connectivity index (χ2n) is 8.19. The van der Waals surface area contributed by atoms with E-state index in [0.717, 1.165) is 45.7 Å². The molecule has 1 fully saturated rings. The van der Waals surface area contributed by atoms with Gasteiger partial charge in [-0.15, -0.1) is 10.2 Å². The van der Waals surface area contributed by atoms with Gasteiger partial charge in [-0.2, -0.15) is 0 Å². The molecule has 0 atom stereocenters. The predicted molar refractivity (Wildman–Crippen MR) is 121 cm³/mol. The van der Waals surface area contributed by atoms with Crippen molar-refractivity contribution in [3.05, 3.63) is 60.0 Å². The van der Waals surface area contributed by atoms with Crippen LogP contribution >= 0.6 is 0 Å². The SMILES string of the molecule is O=C(NCCCN1CCN(Cc2ccccc2)CC1)c1nnc(-c2ccc3c(c2)OCO3)o1. The molecule has 2 aliphatic heterocycles. The molecule has 1 saturated heterocycles. The van der Waals surface area contributed by atoms with Crippen LogP contribution in [-0.4, -0.2) is 72.0 Å². The maximum absolute atomic E-state index is 12.4. The topological polar surface area (TPSA) is 93.0 Å². The molecule has 5 rings (SSSR count). The monoisotopic (exact) mass is 449 g/mol. The molecule has 3 aromatic rings. The summed E-state index contributed by atoms with van der Waals surface area (Å²) in [4.78, 5) is 17.3. The van der Waals surface area contributed by atoms with Gasteiger partial charge in [0.1, 0.15) is 0 Å². The summed E-state index contributed by atoms with van der Waals surface area (Å²) >= 11 is 0. The number of ether oxygens (including phenoxy) is 2. The Morgan fingerprint density at radius 2 is 1.73 bits per heavy atom. The highest BCUT2D eigenvalue weighted by molar-refractivity contribution is 5.89. The Bertz CT molecular complexity index is 1080. The van der Waals surface area contributed by atoms with Crippen LogP contribution in [0.3, 0.4) is 0 Å². The molecule has 0 aliphatic carbocycles. The van der Waals surface area contributed by atoms with Crippen molar-refractivity contribution in [1.29, 1.82) is 0 Å². The highest BCUT2D eigenvalue weighted by Crippen LogP contribution is 2.35. The molecule has 33 heavy (non-hydrogen) atoms. The first-order valence-electron chi connectivity index (χ1n) is 11.2. The van der Waals surface area contributed by atoms with Crippen LogP contribution in [0.5, 0.6) is 11.5 Å². The Morgan fingerprint density at radius 1 is 0.939 bits per heavy atom. The van der Waals surface area contributed by atoms with Gasteiger partial charge in [0, 0.05) is 44.8 Å². The van der Waals surface area contributed by atoms with Crippen LogP contribution in [-0.2, 0) is 6.54 Å². The number of nitrogens with zero attached hydrogens (tertiary/aromatic N) is 4. The first kappa shape index (κ1) is 21.4. The molecule has 2 aromatic carbocycles. The molecule has 1 N–H and O–H groups in total. The van der Waals surface area contributed by atoms with Crippen molar-refractivity contribution >= 4 is 5.91 Å². The van der Waals surface area contributed by atoms with E-state index in [-0.39, 0.29) is 24.5 Å². The van der Waals surface area contributed by atoms with Crippen molar-refractivity contribution in [3.8, 4) is 23.0 Å². The highest BCUT2D eigenvalue weighted by atomic mass is 16.7. The van der Waals surface area contributed by atoms with E-state index in [1.807, 2.05) is 0 Å². The van der Waals surface area contributed by atoms with Gasteiger partial charge in [0.2, 0.25) is 12.7 Å². The van der Waals surface area contributed by atoms with Gasteiger partial charge in [0.25, 0.3) is 0 Å². The normalized spacial score (nSPS) is 16.1. The van der Waals surface area contributed by atoms with E-state index in [1.54, 1.807) is 18.2 Å². The van der Waals surface area contributed by atoms with Crippen LogP contribution in [0, 0.1) is 0 Å². The van der Waals surface area contributed by atoms with E-state index >= 15 is 0 Å². The van der Waals surface area contributed by atoms with Gasteiger partial charge in [-0.1, -0.05) is 30.3 Å². The predicted octanol–water partition coefficient (Wildman–Crippen LogP) is 2.40. The van der Waals surface area contributed by atoms with Gasteiger partial charge in [-0.05, 0) is 36.7 Å². The molecule has 9 heteroatoms. The number of piperazine rings is 1. The Labute approximate surface area is 192 Å². The quantitative estimate of drug-likeness (QED) is 0.524. The fourth-order valence-electron chi connectivity index (χ4n) is 4.05. The Kier molecular flexibility index (Phi) is 6.50. The van der Waals surface area contributed by atoms with Crippen LogP contribution < -0.4 is 14.8 Å². The zero-order valence-electron chi connectivity index (χ0n) is 18.4. The molecular weight excluding hydrogens is 422 g/mol. The summed E-state index contributed by atoms with van der Waals surface area (Å²) in [5.74, 6) is 1.16. The summed E-state index contributed by atoms with van der Waals surface area (Å²) in [6, 6.07) is 15.9. The lowest BCUT2D eigenvalue weighted by atomic mass is 10.2. The minimum atomic E-state index is -0.359. The summed E-state index contributed by atoms with van der Waals surface area (Å²) in [6.07, 6.45) is 0.869. The van der Waals surface area contributed by atoms with Gasteiger partial charge in [0.05, 0.1) is 0 Å². The van der Waals surface area contributed by atoms with E-state index in [1.165, 1.54) is 5.56 Å². The van der Waals surface area contributed by atoms with Gasteiger partial charge in [-0.3, -0.25) is 9.69 Å². The number of nitrogens with one attached hydrogen (secondary N) is 1. The molecule has 2 aliphatic rings. The lowest BCUT2D eigenvalue weighted by Gasteiger charge is -2.34. The summed E-state index contributed by atoms with van der Waals surface area (Å²) in [5.41, 5.74) is 2.04. The van der Waals surface area contributed by atoms with Crippen LogP contribution in [0.1, 0.15) is 22.7 Å². The van der Waals surface area contributed by atoms with Crippen molar-refractivity contribution in [3.63, 3.8) is 0 Å². The second kappa shape index (κ2) is 10.0. The van der Waals surface area contributed by atoms with Crippen molar-refractivity contribution in [2.45, 2.75) is 13.0 Å². The molecule has 0 bridgehead atoms. The van der Waals surface area contributed by atoms with Gasteiger partial charge >= 0.3 is 11.8 Å². The number of carbonyl (C=O) groups is 1. The molecule has 0 unspecified atom stereocenters. The second-order valence-corrected chi connectivity index (χ2v) is 8.19. The number of amides is 1. The number of hydrogen-bond acceptors (Lipinski definition) is 8. The van der Waals surface area contributed by atoms with E-state index in [4.69, 9.17) is 13.9 Å². The Morgan fingerprint density at radius 3 is 2.58 bits per heavy atom. The van der Waals surface area contributed by atoms with Gasteiger partial charge in [0.15, 0.2) is 11.5 Å². The number of benzene rings is 2. The fraction of sp³-hybridized carbons (Fsp3) is 0.375. The summed E-state index contributed by atoms with van der Waals surface area (Å²) < 4.78 is 16.2. The van der Waals surface area contributed by atoms with Crippen LogP contribution in [0.25, 0.3) is 11.5 Å². The third kappa shape index (κ3) is 5.32. The standard InChI is InChI=1S/C24H27N5O4/c30-22(24-27-26-23(33-24)19-7-8-20-21(15-19)32-17-31-20)25-9-4-10-28-11-13-29(14-12-28)16-18-5-2-1-3-6-18/h1-3,5-8,15H,4,9-14,16-17H2,(H,25,30). The van der Waals surface area contributed by atoms with Gasteiger partial charge in [-0.25, -0.2) is 0 Å². The number of hydrogen-bond donors (Lipinski definition) is 1. The summed E-state index contributed by atoms with van der Waals surface area (Å²) in [7, 11) is 0. The van der Waals surface area contributed by atoms with E-state index < -0.39 is 0 Å². The Hall–Kier alpha value is -3.43. The number of aromatic nitrogens is 2. The molecule has 1 amide bonds. The average Bonchev–Trinajstić information content (AvgIpc) is 3.53. The maximum Gasteiger partial charge on any atom is 0.308 e. The Balaban J connectivity index is 1.02. The smallest absolute Gasteiger partial charge is 0.308 e. The maximum atomic E-state index is 12.4. The molecule has 0 saturated carbocycles. The minimum Gasteiger partial charge on any atom is -0.454 e. The van der Waals surface area contributed by atoms with Crippen molar-refractivity contribution < 1.29 is 18.7 Å². The lowest BCUT2D eigenvalue weighted by Crippen LogP contribution is -2.46. The van der Waals surface area contributed by atoms with Crippen molar-refractivity contribution in [2.75, 3.05) is 46.1 Å². The first-order chi connectivity index (χ1) is 16.2. The zero-order chi connectivity index (χ0) is 22.5. The van der Waals surface area contributed by atoms with Crippen LogP contribution in [0.15, 0.2) is 52.9 Å². The molecule has 9 nitrogen and oxygen atoms in total. The summed E-state index contributed by atoms with van der Waals surface area (Å²) in [6.45, 7) is 6.92. The number of rotatable bonds is 8. The number of carbonyl (C=O) groups excluding carboxylic acids is 1. The first-order valence-corrected chi connectivity index (χ1v) is 11.2. The largest absolute Gasteiger partial charge is 0.454 e. The lowest BCUT2D eigenvalue weighted by molar-refractivity contribution is 0.0913. The van der Waals surface area contributed by atoms with Crippen molar-refractivity contribution in [1.82, 2.24) is 25.3 Å². The fourth-order valence-corrected chi connectivity index (χ4v) is 4.05. The third-order valence-corrected chi connectivity index (χ3v) is 5.89. The molecular formula is C24H27N5O4. The van der Waals surface area contributed by atoms with Crippen LogP contribution in [0.2, 0.25) is 0 Å². The molecule has 1 aromatic heterocycles. The van der Waals surface area contributed by atoms with E-state index in [2.05, 4.69) is 55.6 Å². The third-order valence-electron chi connectivity index (χ3n) is 5.89.